The molecule has 0 aliphatic carbocycles. The molecular formula is C43H78O14. The molecule has 0 saturated carbocycles. The smallest absolute Gasteiger partial charge is 0.338 e. The van der Waals surface area contributed by atoms with Gasteiger partial charge in [0.2, 0.25) is 0 Å². The van der Waals surface area contributed by atoms with E-state index >= 15 is 0 Å². The number of rotatable bonds is 48. The van der Waals surface area contributed by atoms with E-state index in [0.717, 1.165) is 13.0 Å². The highest BCUT2D eigenvalue weighted by Gasteiger charge is 2.05. The van der Waals surface area contributed by atoms with Gasteiger partial charge in [-0.2, -0.15) is 0 Å². The molecule has 0 aromatic heterocycles. The molecule has 14 heteroatoms. The van der Waals surface area contributed by atoms with E-state index in [2.05, 4.69) is 6.92 Å². The Kier molecular flexibility index (Phi) is 43.8. The normalized spacial score (nSPS) is 11.5. The molecule has 0 radical (unpaired) electrons. The van der Waals surface area contributed by atoms with Crippen LogP contribution in [0.3, 0.4) is 0 Å². The van der Waals surface area contributed by atoms with E-state index in [4.69, 9.17) is 61.6 Å². The third-order valence-electron chi connectivity index (χ3n) is 8.20. The van der Waals surface area contributed by atoms with Crippen LogP contribution in [0.15, 0.2) is 30.3 Å². The second-order valence-corrected chi connectivity index (χ2v) is 13.0. The highest BCUT2D eigenvalue weighted by Crippen LogP contribution is 2.10. The average Bonchev–Trinajstić information content (AvgIpc) is 3.23. The summed E-state index contributed by atoms with van der Waals surface area (Å²) in [5.74, 6) is -0.356. The van der Waals surface area contributed by atoms with Gasteiger partial charge < -0.3 is 61.6 Å². The molecule has 0 bridgehead atoms. The number of hydrogen-bond donors (Lipinski definition) is 0. The zero-order valence-electron chi connectivity index (χ0n) is 35.4. The lowest BCUT2D eigenvalue weighted by Crippen LogP contribution is -2.15. The average molecular weight is 819 g/mol. The lowest BCUT2D eigenvalue weighted by Gasteiger charge is -2.09. The van der Waals surface area contributed by atoms with Gasteiger partial charge in [-0.3, -0.25) is 0 Å². The van der Waals surface area contributed by atoms with Crippen molar-refractivity contribution in [3.63, 3.8) is 0 Å². The quantitative estimate of drug-likeness (QED) is 0.0565. The maximum atomic E-state index is 11.8. The summed E-state index contributed by atoms with van der Waals surface area (Å²) < 4.78 is 71.3. The fraction of sp³-hybridized carbons (Fsp3) is 0.837. The van der Waals surface area contributed by atoms with Crippen LogP contribution in [0.25, 0.3) is 0 Å². The summed E-state index contributed by atoms with van der Waals surface area (Å²) in [5.41, 5.74) is 0.526. The van der Waals surface area contributed by atoms with E-state index in [1.807, 2.05) is 6.07 Å². The molecule has 0 aliphatic heterocycles. The third kappa shape index (κ3) is 42.1. The number of carbonyl (C=O) groups excluding carboxylic acids is 1. The van der Waals surface area contributed by atoms with E-state index in [-0.39, 0.29) is 12.6 Å². The van der Waals surface area contributed by atoms with Crippen LogP contribution in [-0.2, 0) is 61.6 Å². The van der Waals surface area contributed by atoms with Crippen LogP contribution < -0.4 is 0 Å². The number of esters is 1. The lowest BCUT2D eigenvalue weighted by atomic mass is 10.1. The van der Waals surface area contributed by atoms with E-state index in [9.17, 15) is 4.79 Å². The minimum atomic E-state index is -0.356. The second-order valence-electron chi connectivity index (χ2n) is 13.0. The van der Waals surface area contributed by atoms with Crippen LogP contribution in [0.1, 0.15) is 81.5 Å². The highest BCUT2D eigenvalue weighted by atomic mass is 16.6. The van der Waals surface area contributed by atoms with Crippen molar-refractivity contribution in [2.24, 2.45) is 0 Å². The van der Waals surface area contributed by atoms with Gasteiger partial charge in [-0.15, -0.1) is 0 Å². The molecule has 0 N–H and O–H groups in total. The van der Waals surface area contributed by atoms with Gasteiger partial charge in [-0.25, -0.2) is 4.79 Å². The molecule has 1 aromatic rings. The van der Waals surface area contributed by atoms with Crippen molar-refractivity contribution in [1.82, 2.24) is 0 Å². The minimum absolute atomic E-state index is 0.201. The third-order valence-corrected chi connectivity index (χ3v) is 8.20. The summed E-state index contributed by atoms with van der Waals surface area (Å²) in [5, 5.41) is 0. The topological polar surface area (TPSA) is 137 Å². The molecule has 0 aliphatic rings. The Labute approximate surface area is 344 Å². The van der Waals surface area contributed by atoms with Crippen LogP contribution in [0.4, 0.5) is 0 Å². The van der Waals surface area contributed by atoms with Crippen LogP contribution in [0.5, 0.6) is 0 Å². The Balaban J connectivity index is 1.61. The van der Waals surface area contributed by atoms with Crippen LogP contribution >= 0.6 is 0 Å². The fourth-order valence-corrected chi connectivity index (χ4v) is 5.06. The maximum Gasteiger partial charge on any atom is 0.338 e. The first-order chi connectivity index (χ1) is 28.3. The van der Waals surface area contributed by atoms with Gasteiger partial charge in [0.05, 0.1) is 158 Å². The van der Waals surface area contributed by atoms with Crippen molar-refractivity contribution in [1.29, 1.82) is 0 Å². The van der Waals surface area contributed by atoms with E-state index < -0.39 is 0 Å². The molecule has 0 amide bonds. The second kappa shape index (κ2) is 46.9. The van der Waals surface area contributed by atoms with Crippen LogP contribution in [0, 0.1) is 0 Å². The number of hydrogen-bond acceptors (Lipinski definition) is 14. The van der Waals surface area contributed by atoms with Gasteiger partial charge in [-0.1, -0.05) is 82.9 Å². The summed E-state index contributed by atoms with van der Waals surface area (Å²) in [7, 11) is 0. The Morgan fingerprint density at radius 1 is 0.316 bits per heavy atom. The number of ether oxygens (including phenoxy) is 13. The van der Waals surface area contributed by atoms with Crippen LogP contribution in [-0.4, -0.2) is 171 Å². The lowest BCUT2D eigenvalue weighted by molar-refractivity contribution is -0.0288. The molecule has 0 saturated heterocycles. The maximum absolute atomic E-state index is 11.8. The molecule has 334 valence electrons. The molecular weight excluding hydrogens is 740 g/mol. The Morgan fingerprint density at radius 2 is 0.561 bits per heavy atom. The molecule has 0 fully saturated rings. The van der Waals surface area contributed by atoms with Crippen molar-refractivity contribution >= 4 is 5.97 Å². The molecule has 0 unspecified atom stereocenters. The summed E-state index contributed by atoms with van der Waals surface area (Å²) in [6.07, 6.45) is 13.4. The van der Waals surface area contributed by atoms with E-state index in [1.165, 1.54) is 57.8 Å². The highest BCUT2D eigenvalue weighted by molar-refractivity contribution is 5.89. The monoisotopic (exact) mass is 819 g/mol. The van der Waals surface area contributed by atoms with Crippen molar-refractivity contribution in [2.75, 3.05) is 165 Å². The Morgan fingerprint density at radius 3 is 0.860 bits per heavy atom. The van der Waals surface area contributed by atoms with Gasteiger partial charge in [0, 0.05) is 6.61 Å². The molecule has 1 aromatic carbocycles. The summed E-state index contributed by atoms with van der Waals surface area (Å²) in [6.45, 7) is 14.9. The first kappa shape index (κ1) is 53.2. The minimum Gasteiger partial charge on any atom is -0.460 e. The van der Waals surface area contributed by atoms with Crippen molar-refractivity contribution in [2.45, 2.75) is 71.1 Å². The number of unbranched alkanes of at least 4 members (excludes halogenated alkanes) is 9. The predicted molar refractivity (Wildman–Crippen MR) is 218 cm³/mol. The summed E-state index contributed by atoms with van der Waals surface area (Å²) >= 11 is 0. The Bertz CT molecular complexity index is 913. The van der Waals surface area contributed by atoms with Crippen LogP contribution in [0.2, 0.25) is 0 Å². The largest absolute Gasteiger partial charge is 0.460 e. The molecule has 1 rings (SSSR count). The summed E-state index contributed by atoms with van der Waals surface area (Å²) in [4.78, 5) is 11.8. The van der Waals surface area contributed by atoms with Crippen molar-refractivity contribution in [3.05, 3.63) is 35.9 Å². The molecule has 0 atom stereocenters. The SMILES string of the molecule is CCCCCCCCCCCCOCCOCCOCCOCCOCCOCCOCCOCCOCCOCCOCCOCCOC(=O)c1ccccc1. The van der Waals surface area contributed by atoms with Gasteiger partial charge in [-0.05, 0) is 18.6 Å². The van der Waals surface area contributed by atoms with Crippen molar-refractivity contribution < 1.29 is 66.4 Å². The first-order valence-electron chi connectivity index (χ1n) is 21.5. The number of benzene rings is 1. The van der Waals surface area contributed by atoms with E-state index in [0.29, 0.717) is 158 Å². The molecule has 57 heavy (non-hydrogen) atoms. The summed E-state index contributed by atoms with van der Waals surface area (Å²) in [6, 6.07) is 8.86. The Hall–Kier alpha value is -1.79. The zero-order chi connectivity index (χ0) is 40.6. The molecule has 0 heterocycles. The van der Waals surface area contributed by atoms with Gasteiger partial charge in [0.15, 0.2) is 0 Å². The first-order valence-corrected chi connectivity index (χ1v) is 21.5. The number of carbonyl (C=O) groups is 1. The predicted octanol–water partition coefficient (Wildman–Crippen LogP) is 5.96. The van der Waals surface area contributed by atoms with Gasteiger partial charge in [0.25, 0.3) is 0 Å². The van der Waals surface area contributed by atoms with E-state index in [1.54, 1.807) is 24.3 Å². The van der Waals surface area contributed by atoms with Crippen molar-refractivity contribution in [3.8, 4) is 0 Å². The zero-order valence-corrected chi connectivity index (χ0v) is 35.4. The fourth-order valence-electron chi connectivity index (χ4n) is 5.06. The van der Waals surface area contributed by atoms with Gasteiger partial charge >= 0.3 is 5.97 Å². The standard InChI is InChI=1S/C43H78O14/c1-2-3-4-5-6-7-8-9-10-14-17-45-18-19-46-20-21-47-22-23-48-24-25-49-26-27-50-28-29-51-30-31-52-32-33-53-34-35-54-36-37-55-38-39-56-40-41-57-43(44)42-15-12-11-13-16-42/h11-13,15-16H,2-10,14,17-41H2,1H3. The molecule has 14 nitrogen and oxygen atoms in total. The molecule has 0 spiro atoms. The van der Waals surface area contributed by atoms with Gasteiger partial charge in [0.1, 0.15) is 6.61 Å².